The summed E-state index contributed by atoms with van der Waals surface area (Å²) >= 11 is 1.46. The van der Waals surface area contributed by atoms with Crippen molar-refractivity contribution in [3.63, 3.8) is 0 Å². The van der Waals surface area contributed by atoms with Gasteiger partial charge >= 0.3 is 0 Å². The zero-order chi connectivity index (χ0) is 20.1. The molecule has 0 aliphatic carbocycles. The van der Waals surface area contributed by atoms with Crippen LogP contribution in [-0.4, -0.2) is 64.4 Å². The minimum atomic E-state index is 0.139. The molecule has 8 heteroatoms. The number of carbonyl (C=O) groups excluding carboxylic acids is 1. The highest BCUT2D eigenvalue weighted by atomic mass is 32.2. The summed E-state index contributed by atoms with van der Waals surface area (Å²) in [6.07, 6.45) is 5.46. The third-order valence-electron chi connectivity index (χ3n) is 4.89. The first-order valence-electron chi connectivity index (χ1n) is 9.49. The maximum Gasteiger partial charge on any atom is 0.233 e. The summed E-state index contributed by atoms with van der Waals surface area (Å²) < 4.78 is 7.19. The Kier molecular flexibility index (Phi) is 6.00. The molecule has 3 aromatic rings. The second-order valence-electron chi connectivity index (χ2n) is 6.62. The van der Waals surface area contributed by atoms with Gasteiger partial charge in [0.1, 0.15) is 11.6 Å². The Morgan fingerprint density at radius 3 is 2.52 bits per heavy atom. The van der Waals surface area contributed by atoms with E-state index in [1.54, 1.807) is 19.5 Å². The minimum absolute atomic E-state index is 0.139. The predicted octanol–water partition coefficient (Wildman–Crippen LogP) is 2.72. The van der Waals surface area contributed by atoms with Gasteiger partial charge in [0.05, 0.1) is 12.9 Å². The summed E-state index contributed by atoms with van der Waals surface area (Å²) in [4.78, 5) is 25.6. The van der Waals surface area contributed by atoms with Gasteiger partial charge in [0.2, 0.25) is 5.91 Å². The van der Waals surface area contributed by atoms with E-state index in [1.165, 1.54) is 11.8 Å². The molecule has 1 fully saturated rings. The lowest BCUT2D eigenvalue weighted by Crippen LogP contribution is -2.49. The highest BCUT2D eigenvalue weighted by Gasteiger charge is 2.22. The van der Waals surface area contributed by atoms with Crippen molar-refractivity contribution in [3.05, 3.63) is 61.1 Å². The largest absolute Gasteiger partial charge is 0.497 e. The molecule has 7 nitrogen and oxygen atoms in total. The van der Waals surface area contributed by atoms with Gasteiger partial charge in [-0.3, -0.25) is 9.36 Å². The van der Waals surface area contributed by atoms with Crippen LogP contribution in [0.25, 0.3) is 5.69 Å². The number of hydrogen-bond acceptors (Lipinski definition) is 6. The number of ether oxygens (including phenoxy) is 1. The lowest BCUT2D eigenvalue weighted by atomic mass is 10.3. The van der Waals surface area contributed by atoms with Crippen LogP contribution in [0.5, 0.6) is 5.75 Å². The molecule has 1 aliphatic rings. The zero-order valence-corrected chi connectivity index (χ0v) is 17.1. The van der Waals surface area contributed by atoms with Crippen molar-refractivity contribution in [2.75, 3.05) is 43.9 Å². The Hall–Kier alpha value is -3.00. The average molecular weight is 410 g/mol. The van der Waals surface area contributed by atoms with Gasteiger partial charge in [-0.15, -0.1) is 0 Å². The van der Waals surface area contributed by atoms with Crippen LogP contribution in [0.15, 0.2) is 66.2 Å². The molecular formula is C21H23N5O2S. The molecule has 3 heterocycles. The Balaban J connectivity index is 1.32. The zero-order valence-electron chi connectivity index (χ0n) is 16.3. The van der Waals surface area contributed by atoms with E-state index in [4.69, 9.17) is 4.74 Å². The highest BCUT2D eigenvalue weighted by Crippen LogP contribution is 2.23. The number of amides is 1. The van der Waals surface area contributed by atoms with Crippen molar-refractivity contribution in [1.82, 2.24) is 19.4 Å². The lowest BCUT2D eigenvalue weighted by molar-refractivity contribution is -0.128. The van der Waals surface area contributed by atoms with Crippen LogP contribution in [0.2, 0.25) is 0 Å². The number of anilines is 1. The van der Waals surface area contributed by atoms with Gasteiger partial charge in [-0.05, 0) is 36.4 Å². The monoisotopic (exact) mass is 409 g/mol. The van der Waals surface area contributed by atoms with E-state index in [1.807, 2.05) is 58.1 Å². The number of imidazole rings is 1. The number of benzene rings is 1. The van der Waals surface area contributed by atoms with Crippen LogP contribution in [-0.2, 0) is 4.79 Å². The Morgan fingerprint density at radius 2 is 1.83 bits per heavy atom. The molecule has 0 bridgehead atoms. The number of nitrogens with zero attached hydrogens (tertiary/aromatic N) is 5. The fourth-order valence-electron chi connectivity index (χ4n) is 3.28. The fourth-order valence-corrected chi connectivity index (χ4v) is 4.16. The highest BCUT2D eigenvalue weighted by molar-refractivity contribution is 7.99. The van der Waals surface area contributed by atoms with E-state index in [2.05, 4.69) is 14.9 Å². The van der Waals surface area contributed by atoms with Crippen molar-refractivity contribution >= 4 is 23.5 Å². The summed E-state index contributed by atoms with van der Waals surface area (Å²) in [5.41, 5.74) is 0.988. The van der Waals surface area contributed by atoms with Crippen LogP contribution in [0.3, 0.4) is 0 Å². The molecule has 29 heavy (non-hydrogen) atoms. The minimum Gasteiger partial charge on any atom is -0.497 e. The molecule has 1 saturated heterocycles. The van der Waals surface area contributed by atoms with Crippen LogP contribution >= 0.6 is 11.8 Å². The Morgan fingerprint density at radius 1 is 1.03 bits per heavy atom. The van der Waals surface area contributed by atoms with Crippen molar-refractivity contribution in [1.29, 1.82) is 0 Å². The van der Waals surface area contributed by atoms with E-state index in [-0.39, 0.29) is 5.91 Å². The van der Waals surface area contributed by atoms with Crippen LogP contribution in [0.1, 0.15) is 0 Å². The summed E-state index contributed by atoms with van der Waals surface area (Å²) in [6, 6.07) is 13.7. The number of aromatic nitrogens is 3. The summed E-state index contributed by atoms with van der Waals surface area (Å²) in [5, 5.41) is 0.802. The average Bonchev–Trinajstić information content (AvgIpc) is 3.27. The molecule has 2 aromatic heterocycles. The van der Waals surface area contributed by atoms with E-state index >= 15 is 0 Å². The van der Waals surface area contributed by atoms with E-state index in [9.17, 15) is 4.79 Å². The summed E-state index contributed by atoms with van der Waals surface area (Å²) in [5.74, 6) is 2.29. The van der Waals surface area contributed by atoms with Crippen molar-refractivity contribution in [2.24, 2.45) is 0 Å². The molecule has 0 N–H and O–H groups in total. The Labute approximate surface area is 174 Å². The van der Waals surface area contributed by atoms with E-state index in [0.717, 1.165) is 35.5 Å². The number of piperazine rings is 1. The molecule has 1 amide bonds. The van der Waals surface area contributed by atoms with Crippen LogP contribution in [0, 0.1) is 0 Å². The van der Waals surface area contributed by atoms with E-state index in [0.29, 0.717) is 18.8 Å². The van der Waals surface area contributed by atoms with Gasteiger partial charge < -0.3 is 14.5 Å². The van der Waals surface area contributed by atoms with Crippen LogP contribution < -0.4 is 9.64 Å². The SMILES string of the molecule is COc1ccc(-n2ccnc2SCC(=O)N2CCN(c3ccccn3)CC2)cc1. The Bertz CT molecular complexity index is 937. The number of carbonyl (C=O) groups is 1. The van der Waals surface area contributed by atoms with Crippen molar-refractivity contribution in [3.8, 4) is 11.4 Å². The van der Waals surface area contributed by atoms with Crippen LogP contribution in [0.4, 0.5) is 5.82 Å². The first-order chi connectivity index (χ1) is 14.2. The quantitative estimate of drug-likeness (QED) is 0.584. The molecule has 0 saturated carbocycles. The normalized spacial score (nSPS) is 14.1. The standard InChI is InChI=1S/C21H23N5O2S/c1-28-18-7-5-17(6-8-18)26-11-10-23-21(26)29-16-20(27)25-14-12-24(13-15-25)19-4-2-3-9-22-19/h2-11H,12-16H2,1H3. The number of hydrogen-bond donors (Lipinski definition) is 0. The number of pyridine rings is 1. The second-order valence-corrected chi connectivity index (χ2v) is 7.56. The molecule has 0 atom stereocenters. The van der Waals surface area contributed by atoms with Crippen molar-refractivity contribution < 1.29 is 9.53 Å². The summed E-state index contributed by atoms with van der Waals surface area (Å²) in [6.45, 7) is 3.02. The molecule has 150 valence electrons. The topological polar surface area (TPSA) is 63.5 Å². The van der Waals surface area contributed by atoms with Gasteiger partial charge in [0, 0.05) is 50.5 Å². The van der Waals surface area contributed by atoms with Gasteiger partial charge in [0.15, 0.2) is 5.16 Å². The predicted molar refractivity (Wildman–Crippen MR) is 114 cm³/mol. The maximum absolute atomic E-state index is 12.7. The molecule has 0 radical (unpaired) electrons. The third kappa shape index (κ3) is 4.54. The molecular weight excluding hydrogens is 386 g/mol. The smallest absolute Gasteiger partial charge is 0.233 e. The first kappa shape index (κ1) is 19.3. The third-order valence-corrected chi connectivity index (χ3v) is 5.84. The number of rotatable bonds is 6. The van der Waals surface area contributed by atoms with E-state index < -0.39 is 0 Å². The van der Waals surface area contributed by atoms with Crippen molar-refractivity contribution in [2.45, 2.75) is 5.16 Å². The number of methoxy groups -OCH3 is 1. The van der Waals surface area contributed by atoms with Gasteiger partial charge in [-0.25, -0.2) is 9.97 Å². The molecule has 0 spiro atoms. The van der Waals surface area contributed by atoms with Gasteiger partial charge in [0.25, 0.3) is 0 Å². The number of thioether (sulfide) groups is 1. The molecule has 4 rings (SSSR count). The molecule has 1 aliphatic heterocycles. The maximum atomic E-state index is 12.7. The molecule has 1 aromatic carbocycles. The first-order valence-corrected chi connectivity index (χ1v) is 10.5. The fraction of sp³-hybridized carbons (Fsp3) is 0.286. The second kappa shape index (κ2) is 9.00. The molecule has 0 unspecified atom stereocenters. The lowest BCUT2D eigenvalue weighted by Gasteiger charge is -2.35. The van der Waals surface area contributed by atoms with Gasteiger partial charge in [-0.1, -0.05) is 17.8 Å². The summed E-state index contributed by atoms with van der Waals surface area (Å²) in [7, 11) is 1.65. The van der Waals surface area contributed by atoms with Gasteiger partial charge in [-0.2, -0.15) is 0 Å².